The van der Waals surface area contributed by atoms with Gasteiger partial charge in [-0.15, -0.1) is 0 Å². The Morgan fingerprint density at radius 2 is 1.74 bits per heavy atom. The van der Waals surface area contributed by atoms with Crippen LogP contribution in [0.15, 0.2) is 48.5 Å². The van der Waals surface area contributed by atoms with Gasteiger partial charge < -0.3 is 20.4 Å². The van der Waals surface area contributed by atoms with Gasteiger partial charge in [0.05, 0.1) is 18.5 Å². The van der Waals surface area contributed by atoms with Gasteiger partial charge >= 0.3 is 11.8 Å². The zero-order chi connectivity index (χ0) is 22.4. The summed E-state index contributed by atoms with van der Waals surface area (Å²) in [7, 11) is 2.18. The molecule has 2 aromatic carbocycles. The lowest BCUT2D eigenvalue weighted by atomic mass is 10.0. The van der Waals surface area contributed by atoms with Gasteiger partial charge in [-0.3, -0.25) is 19.7 Å². The van der Waals surface area contributed by atoms with E-state index >= 15 is 0 Å². The van der Waals surface area contributed by atoms with Gasteiger partial charge in [-0.2, -0.15) is 0 Å². The van der Waals surface area contributed by atoms with Crippen LogP contribution < -0.4 is 20.4 Å². The number of anilines is 1. The Morgan fingerprint density at radius 1 is 1.06 bits per heavy atom. The minimum Gasteiger partial charge on any atom is -0.341 e. The highest BCUT2D eigenvalue weighted by atomic mass is 16.6. The molecule has 2 aromatic rings. The largest absolute Gasteiger partial charge is 0.341 e. The molecule has 0 radical (unpaired) electrons. The van der Waals surface area contributed by atoms with E-state index in [0.29, 0.717) is 6.54 Å². The lowest BCUT2D eigenvalue weighted by Crippen LogP contribution is -3.27. The van der Waals surface area contributed by atoms with Crippen LogP contribution in [-0.4, -0.2) is 56.5 Å². The monoisotopic (exact) mass is 427 g/mol. The minimum atomic E-state index is -0.846. The van der Waals surface area contributed by atoms with Crippen LogP contribution >= 0.6 is 0 Å². The molecular formula is C22H29N5O4+2. The van der Waals surface area contributed by atoms with Crippen molar-refractivity contribution >= 4 is 23.2 Å². The van der Waals surface area contributed by atoms with Crippen molar-refractivity contribution in [2.24, 2.45) is 0 Å². The molecule has 1 aliphatic rings. The maximum Gasteiger partial charge on any atom is 0.313 e. The number of rotatable bonds is 6. The third-order valence-electron chi connectivity index (χ3n) is 5.71. The number of likely N-dealkylation sites (N-methyl/N-ethyl adjacent to an activating group) is 1. The van der Waals surface area contributed by atoms with E-state index in [2.05, 4.69) is 41.9 Å². The lowest BCUT2D eigenvalue weighted by molar-refractivity contribution is -1.02. The van der Waals surface area contributed by atoms with Gasteiger partial charge in [0, 0.05) is 23.4 Å². The maximum absolute atomic E-state index is 12.4. The average molecular weight is 428 g/mol. The Morgan fingerprint density at radius 3 is 2.39 bits per heavy atom. The number of nitro benzene ring substituents is 1. The number of carbonyl (C=O) groups is 2. The molecule has 1 saturated heterocycles. The highest BCUT2D eigenvalue weighted by molar-refractivity contribution is 6.39. The van der Waals surface area contributed by atoms with Gasteiger partial charge in [0.25, 0.3) is 5.69 Å². The third kappa shape index (κ3) is 6.09. The second kappa shape index (κ2) is 10.1. The number of amides is 2. The van der Waals surface area contributed by atoms with Gasteiger partial charge in [-0.1, -0.05) is 35.9 Å². The van der Waals surface area contributed by atoms with E-state index in [0.717, 1.165) is 31.7 Å². The molecule has 164 valence electrons. The van der Waals surface area contributed by atoms with Crippen molar-refractivity contribution in [3.63, 3.8) is 0 Å². The quantitative estimate of drug-likeness (QED) is 0.272. The van der Waals surface area contributed by atoms with Crippen molar-refractivity contribution in [1.82, 2.24) is 5.32 Å². The molecule has 3 rings (SSSR count). The summed E-state index contributed by atoms with van der Waals surface area (Å²) in [5.74, 6) is -1.61. The Hall–Kier alpha value is -3.30. The Balaban J connectivity index is 1.65. The van der Waals surface area contributed by atoms with Crippen molar-refractivity contribution in [2.45, 2.75) is 13.0 Å². The molecule has 0 aliphatic carbocycles. The molecule has 9 heteroatoms. The number of hydrogen-bond acceptors (Lipinski definition) is 4. The van der Waals surface area contributed by atoms with Crippen LogP contribution in [0.2, 0.25) is 0 Å². The van der Waals surface area contributed by atoms with Crippen LogP contribution in [-0.2, 0) is 9.59 Å². The molecule has 31 heavy (non-hydrogen) atoms. The average Bonchev–Trinajstić information content (AvgIpc) is 2.76. The fourth-order valence-corrected chi connectivity index (χ4v) is 3.80. The Kier molecular flexibility index (Phi) is 7.32. The molecular weight excluding hydrogens is 398 g/mol. The number of hydrogen-bond donors (Lipinski definition) is 4. The fraction of sp³-hybridized carbons (Fsp3) is 0.364. The summed E-state index contributed by atoms with van der Waals surface area (Å²) in [6, 6.07) is 13.8. The molecule has 1 fully saturated rings. The first kappa shape index (κ1) is 22.4. The van der Waals surface area contributed by atoms with Crippen LogP contribution in [0.1, 0.15) is 17.2 Å². The summed E-state index contributed by atoms with van der Waals surface area (Å²) >= 11 is 0. The first-order chi connectivity index (χ1) is 14.8. The fourth-order valence-electron chi connectivity index (χ4n) is 3.80. The van der Waals surface area contributed by atoms with Crippen molar-refractivity contribution in [2.75, 3.05) is 45.1 Å². The van der Waals surface area contributed by atoms with Gasteiger partial charge in [-0.25, -0.2) is 0 Å². The standard InChI is InChI=1S/C22H27N5O4/c1-16-6-8-17(9-7-16)20(26-12-10-25(2)11-13-26)15-23-21(28)22(29)24-18-4-3-5-19(14-18)27(30)31/h3-9,14,20H,10-13,15H2,1-2H3,(H,23,28)(H,24,29)/p+2/t20-/m1/s1. The van der Waals surface area contributed by atoms with E-state index in [1.165, 1.54) is 39.6 Å². The molecule has 0 aromatic heterocycles. The molecule has 1 aliphatic heterocycles. The van der Waals surface area contributed by atoms with E-state index in [4.69, 9.17) is 0 Å². The summed E-state index contributed by atoms with van der Waals surface area (Å²) in [4.78, 5) is 37.9. The predicted octanol–water partition coefficient (Wildman–Crippen LogP) is -0.888. The van der Waals surface area contributed by atoms with E-state index < -0.39 is 16.7 Å². The number of quaternary nitrogens is 2. The number of nitrogens with one attached hydrogen (secondary N) is 4. The van der Waals surface area contributed by atoms with Crippen LogP contribution in [0.25, 0.3) is 0 Å². The molecule has 1 atom stereocenters. The number of carbonyl (C=O) groups excluding carboxylic acids is 2. The maximum atomic E-state index is 12.4. The minimum absolute atomic E-state index is 0.0447. The van der Waals surface area contributed by atoms with E-state index in [1.54, 1.807) is 0 Å². The van der Waals surface area contributed by atoms with Gasteiger partial charge in [0.1, 0.15) is 32.2 Å². The van der Waals surface area contributed by atoms with Crippen molar-refractivity contribution < 1.29 is 24.3 Å². The van der Waals surface area contributed by atoms with Crippen molar-refractivity contribution in [3.05, 3.63) is 69.8 Å². The number of aryl methyl sites for hydroxylation is 1. The second-order valence-corrected chi connectivity index (χ2v) is 8.05. The van der Waals surface area contributed by atoms with E-state index in [-0.39, 0.29) is 17.4 Å². The predicted molar refractivity (Wildman–Crippen MR) is 116 cm³/mol. The first-order valence-corrected chi connectivity index (χ1v) is 10.4. The first-order valence-electron chi connectivity index (χ1n) is 10.4. The zero-order valence-electron chi connectivity index (χ0n) is 17.8. The Bertz CT molecular complexity index is 939. The van der Waals surface area contributed by atoms with Gasteiger partial charge in [0.2, 0.25) is 0 Å². The highest BCUT2D eigenvalue weighted by Gasteiger charge is 2.30. The summed E-state index contributed by atoms with van der Waals surface area (Å²) in [5, 5.41) is 16.1. The summed E-state index contributed by atoms with van der Waals surface area (Å²) in [5.41, 5.74) is 2.34. The van der Waals surface area contributed by atoms with Crippen LogP contribution in [0, 0.1) is 17.0 Å². The van der Waals surface area contributed by atoms with Crippen molar-refractivity contribution in [3.8, 4) is 0 Å². The smallest absolute Gasteiger partial charge is 0.313 e. The number of benzene rings is 2. The van der Waals surface area contributed by atoms with Gasteiger partial charge in [-0.05, 0) is 13.0 Å². The summed E-state index contributed by atoms with van der Waals surface area (Å²) in [6.45, 7) is 6.45. The van der Waals surface area contributed by atoms with Crippen LogP contribution in [0.3, 0.4) is 0 Å². The normalized spacial score (nSPS) is 19.3. The summed E-state index contributed by atoms with van der Waals surface area (Å²) < 4.78 is 0. The molecule has 2 amide bonds. The third-order valence-corrected chi connectivity index (χ3v) is 5.71. The van der Waals surface area contributed by atoms with Crippen LogP contribution in [0.4, 0.5) is 11.4 Å². The number of nitrogens with zero attached hydrogens (tertiary/aromatic N) is 1. The molecule has 0 bridgehead atoms. The molecule has 0 saturated carbocycles. The molecule has 1 heterocycles. The molecule has 9 nitrogen and oxygen atoms in total. The number of nitro groups is 1. The topological polar surface area (TPSA) is 110 Å². The highest BCUT2D eigenvalue weighted by Crippen LogP contribution is 2.17. The van der Waals surface area contributed by atoms with Gasteiger partial charge in [0.15, 0.2) is 0 Å². The number of non-ortho nitro benzene ring substituents is 1. The van der Waals surface area contributed by atoms with E-state index in [9.17, 15) is 19.7 Å². The second-order valence-electron chi connectivity index (χ2n) is 8.05. The molecule has 0 unspecified atom stereocenters. The van der Waals surface area contributed by atoms with Crippen molar-refractivity contribution in [1.29, 1.82) is 0 Å². The summed E-state index contributed by atoms with van der Waals surface area (Å²) in [6.07, 6.45) is 0. The number of piperazine rings is 1. The SMILES string of the molecule is Cc1ccc([C@@H](CNC(=O)C(=O)Nc2cccc([N+](=O)[O-])c2)[NH+]2CC[NH+](C)CC2)cc1. The molecule has 0 spiro atoms. The molecule has 4 N–H and O–H groups in total. The van der Waals surface area contributed by atoms with Crippen LogP contribution in [0.5, 0.6) is 0 Å². The zero-order valence-corrected chi connectivity index (χ0v) is 17.8. The Labute approximate surface area is 181 Å². The lowest BCUT2D eigenvalue weighted by Gasteiger charge is -2.33. The van der Waals surface area contributed by atoms with E-state index in [1.807, 2.05) is 6.92 Å².